The minimum Gasteiger partial charge on any atom is -0.393 e. The van der Waals surface area contributed by atoms with Crippen molar-refractivity contribution in [3.05, 3.63) is 23.8 Å². The van der Waals surface area contributed by atoms with Crippen molar-refractivity contribution in [1.29, 1.82) is 0 Å². The second-order valence-corrected chi connectivity index (χ2v) is 7.65. The van der Waals surface area contributed by atoms with Crippen LogP contribution in [0.1, 0.15) is 66.2 Å². The summed E-state index contributed by atoms with van der Waals surface area (Å²) in [6, 6.07) is 0. The van der Waals surface area contributed by atoms with Crippen LogP contribution in [0.4, 0.5) is 0 Å². The third-order valence-electron chi connectivity index (χ3n) is 5.30. The molecule has 0 aliphatic heterocycles. The number of aliphatic hydroxyl groups is 3. The summed E-state index contributed by atoms with van der Waals surface area (Å²) in [6.07, 6.45) is 8.88. The number of methoxy groups -OCH3 is 2. The van der Waals surface area contributed by atoms with Crippen molar-refractivity contribution in [3.63, 3.8) is 0 Å². The SMILES string of the molecule is CCC(OC)C(C)CCC(O)C(C)/C=C/C=C(\C)CCCC(O)C(O)OC. The molecule has 0 rings (SSSR count). The average molecular weight is 387 g/mol. The lowest BCUT2D eigenvalue weighted by Crippen LogP contribution is -2.27. The van der Waals surface area contributed by atoms with E-state index in [1.165, 1.54) is 12.7 Å². The quantitative estimate of drug-likeness (QED) is 0.294. The molecule has 0 aliphatic rings. The van der Waals surface area contributed by atoms with E-state index in [2.05, 4.69) is 13.8 Å². The molecule has 27 heavy (non-hydrogen) atoms. The first-order valence-electron chi connectivity index (χ1n) is 10.2. The van der Waals surface area contributed by atoms with Crippen LogP contribution >= 0.6 is 0 Å². The van der Waals surface area contributed by atoms with E-state index in [1.54, 1.807) is 7.11 Å². The first kappa shape index (κ1) is 26.3. The van der Waals surface area contributed by atoms with Gasteiger partial charge in [-0.3, -0.25) is 0 Å². The number of hydrogen-bond donors (Lipinski definition) is 3. The molecule has 0 aromatic carbocycles. The lowest BCUT2D eigenvalue weighted by molar-refractivity contribution is -0.146. The molecular formula is C22H42O5. The molecule has 0 heterocycles. The molecule has 0 bridgehead atoms. The fraction of sp³-hybridized carbons (Fsp3) is 0.818. The minimum atomic E-state index is -1.12. The van der Waals surface area contributed by atoms with Gasteiger partial charge in [0.25, 0.3) is 0 Å². The third-order valence-corrected chi connectivity index (χ3v) is 5.30. The van der Waals surface area contributed by atoms with Crippen LogP contribution in [-0.2, 0) is 9.47 Å². The van der Waals surface area contributed by atoms with Crippen molar-refractivity contribution >= 4 is 0 Å². The monoisotopic (exact) mass is 386 g/mol. The summed E-state index contributed by atoms with van der Waals surface area (Å²) in [7, 11) is 3.13. The Balaban J connectivity index is 4.21. The highest BCUT2D eigenvalue weighted by Gasteiger charge is 2.18. The summed E-state index contributed by atoms with van der Waals surface area (Å²) in [5.41, 5.74) is 1.20. The molecule has 0 fully saturated rings. The Morgan fingerprint density at radius 2 is 1.63 bits per heavy atom. The van der Waals surface area contributed by atoms with Gasteiger partial charge in [0.2, 0.25) is 0 Å². The molecule has 6 unspecified atom stereocenters. The van der Waals surface area contributed by atoms with E-state index < -0.39 is 12.4 Å². The van der Waals surface area contributed by atoms with Crippen molar-refractivity contribution in [2.75, 3.05) is 14.2 Å². The number of hydrogen-bond acceptors (Lipinski definition) is 5. The molecule has 0 radical (unpaired) electrons. The molecule has 0 saturated carbocycles. The summed E-state index contributed by atoms with van der Waals surface area (Å²) >= 11 is 0. The topological polar surface area (TPSA) is 79.2 Å². The number of rotatable bonds is 15. The Kier molecular flexibility index (Phi) is 14.8. The van der Waals surface area contributed by atoms with Crippen LogP contribution in [0.15, 0.2) is 23.8 Å². The van der Waals surface area contributed by atoms with E-state index in [-0.39, 0.29) is 18.1 Å². The Hall–Kier alpha value is -0.720. The van der Waals surface area contributed by atoms with Gasteiger partial charge in [-0.05, 0) is 51.4 Å². The van der Waals surface area contributed by atoms with Crippen LogP contribution in [0.5, 0.6) is 0 Å². The van der Waals surface area contributed by atoms with Crippen LogP contribution in [-0.4, -0.2) is 54.1 Å². The van der Waals surface area contributed by atoms with Gasteiger partial charge in [0.05, 0.1) is 12.2 Å². The van der Waals surface area contributed by atoms with E-state index >= 15 is 0 Å². The maximum absolute atomic E-state index is 10.4. The van der Waals surface area contributed by atoms with E-state index in [1.807, 2.05) is 32.1 Å². The zero-order valence-corrected chi connectivity index (χ0v) is 18.1. The van der Waals surface area contributed by atoms with Crippen molar-refractivity contribution in [2.45, 2.75) is 90.8 Å². The van der Waals surface area contributed by atoms with Gasteiger partial charge < -0.3 is 24.8 Å². The molecule has 0 aromatic heterocycles. The molecule has 0 aliphatic carbocycles. The standard InChI is InChI=1S/C22H42O5/c1-7-21(26-5)18(4)14-15-19(23)17(3)12-8-10-16(2)11-9-13-20(24)22(25)27-6/h8,10,12,17-25H,7,9,11,13-15H2,1-6H3/b12-8+,16-10+. The second-order valence-electron chi connectivity index (χ2n) is 7.65. The molecular weight excluding hydrogens is 344 g/mol. The highest BCUT2D eigenvalue weighted by atomic mass is 16.6. The maximum Gasteiger partial charge on any atom is 0.180 e. The van der Waals surface area contributed by atoms with Crippen LogP contribution in [0, 0.1) is 11.8 Å². The second kappa shape index (κ2) is 15.2. The summed E-state index contributed by atoms with van der Waals surface area (Å²) in [4.78, 5) is 0. The predicted octanol–water partition coefficient (Wildman–Crippen LogP) is 3.82. The summed E-state index contributed by atoms with van der Waals surface area (Å²) < 4.78 is 10.2. The number of aliphatic hydroxyl groups excluding tert-OH is 3. The van der Waals surface area contributed by atoms with E-state index in [4.69, 9.17) is 9.47 Å². The Labute approximate surface area is 166 Å². The largest absolute Gasteiger partial charge is 0.393 e. The zero-order chi connectivity index (χ0) is 20.8. The fourth-order valence-electron chi connectivity index (χ4n) is 3.18. The molecule has 6 atom stereocenters. The van der Waals surface area contributed by atoms with Crippen LogP contribution < -0.4 is 0 Å². The van der Waals surface area contributed by atoms with E-state index in [0.717, 1.165) is 32.1 Å². The first-order chi connectivity index (χ1) is 12.8. The number of ether oxygens (including phenoxy) is 2. The summed E-state index contributed by atoms with van der Waals surface area (Å²) in [5.74, 6) is 0.544. The highest BCUT2D eigenvalue weighted by molar-refractivity contribution is 5.11. The lowest BCUT2D eigenvalue weighted by Gasteiger charge is -2.23. The van der Waals surface area contributed by atoms with Crippen molar-refractivity contribution in [1.82, 2.24) is 0 Å². The van der Waals surface area contributed by atoms with Gasteiger partial charge in [-0.15, -0.1) is 0 Å². The molecule has 160 valence electrons. The molecule has 0 saturated heterocycles. The fourth-order valence-corrected chi connectivity index (χ4v) is 3.18. The highest BCUT2D eigenvalue weighted by Crippen LogP contribution is 2.20. The molecule has 5 nitrogen and oxygen atoms in total. The van der Waals surface area contributed by atoms with Crippen LogP contribution in [0.2, 0.25) is 0 Å². The molecule has 3 N–H and O–H groups in total. The summed E-state index contributed by atoms with van der Waals surface area (Å²) in [6.45, 7) is 8.38. The van der Waals surface area contributed by atoms with E-state index in [0.29, 0.717) is 12.3 Å². The Bertz CT molecular complexity index is 417. The van der Waals surface area contributed by atoms with Gasteiger partial charge in [-0.25, -0.2) is 0 Å². The number of allylic oxidation sites excluding steroid dienone is 3. The zero-order valence-electron chi connectivity index (χ0n) is 18.1. The van der Waals surface area contributed by atoms with Gasteiger partial charge in [0.15, 0.2) is 6.29 Å². The third kappa shape index (κ3) is 11.7. The van der Waals surface area contributed by atoms with Crippen molar-refractivity contribution in [2.24, 2.45) is 11.8 Å². The molecule has 0 spiro atoms. The molecule has 0 aromatic rings. The van der Waals surface area contributed by atoms with Gasteiger partial charge in [-0.2, -0.15) is 0 Å². The van der Waals surface area contributed by atoms with Crippen molar-refractivity contribution < 1.29 is 24.8 Å². The van der Waals surface area contributed by atoms with E-state index in [9.17, 15) is 15.3 Å². The predicted molar refractivity (Wildman–Crippen MR) is 110 cm³/mol. The average Bonchev–Trinajstić information content (AvgIpc) is 2.65. The van der Waals surface area contributed by atoms with Gasteiger partial charge in [0.1, 0.15) is 6.10 Å². The normalized spacial score (nSPS) is 19.7. The van der Waals surface area contributed by atoms with Crippen LogP contribution in [0.3, 0.4) is 0 Å². The Morgan fingerprint density at radius 1 is 0.963 bits per heavy atom. The van der Waals surface area contributed by atoms with Crippen LogP contribution in [0.25, 0.3) is 0 Å². The minimum absolute atomic E-state index is 0.0996. The molecule has 5 heteroatoms. The van der Waals surface area contributed by atoms with Gasteiger partial charge in [0, 0.05) is 20.1 Å². The maximum atomic E-state index is 10.4. The lowest BCUT2D eigenvalue weighted by atomic mass is 9.91. The first-order valence-corrected chi connectivity index (χ1v) is 10.2. The smallest absolute Gasteiger partial charge is 0.180 e. The van der Waals surface area contributed by atoms with Gasteiger partial charge in [-0.1, -0.05) is 44.6 Å². The van der Waals surface area contributed by atoms with Crippen molar-refractivity contribution in [3.8, 4) is 0 Å². The van der Waals surface area contributed by atoms with Gasteiger partial charge >= 0.3 is 0 Å². The Morgan fingerprint density at radius 3 is 2.19 bits per heavy atom. The summed E-state index contributed by atoms with van der Waals surface area (Å²) in [5, 5.41) is 29.4. The molecule has 0 amide bonds.